The fourth-order valence-electron chi connectivity index (χ4n) is 1.24. The van der Waals surface area contributed by atoms with E-state index in [9.17, 15) is 0 Å². The molecule has 0 amide bonds. The van der Waals surface area contributed by atoms with E-state index in [1.165, 1.54) is 5.57 Å². The van der Waals surface area contributed by atoms with E-state index in [0.717, 1.165) is 6.54 Å². The Morgan fingerprint density at radius 1 is 1.90 bits per heavy atom. The first-order chi connectivity index (χ1) is 4.74. The van der Waals surface area contributed by atoms with Gasteiger partial charge in [0.25, 0.3) is 0 Å². The summed E-state index contributed by atoms with van der Waals surface area (Å²) in [6.07, 6.45) is 4.30. The van der Waals surface area contributed by atoms with Crippen LogP contribution in [0, 0.1) is 0 Å². The second-order valence-corrected chi connectivity index (χ2v) is 2.74. The lowest BCUT2D eigenvalue weighted by molar-refractivity contribution is 0.308. The van der Waals surface area contributed by atoms with Gasteiger partial charge in [-0.3, -0.25) is 4.90 Å². The molecule has 0 bridgehead atoms. The molecule has 0 saturated carbocycles. The Bertz CT molecular complexity index is 161. The van der Waals surface area contributed by atoms with Crippen LogP contribution in [0.4, 0.5) is 0 Å². The van der Waals surface area contributed by atoms with Gasteiger partial charge in [-0.15, -0.1) is 0 Å². The molecule has 0 spiro atoms. The van der Waals surface area contributed by atoms with Crippen molar-refractivity contribution in [2.45, 2.75) is 13.1 Å². The first kappa shape index (κ1) is 7.35. The van der Waals surface area contributed by atoms with Crippen molar-refractivity contribution in [1.29, 1.82) is 0 Å². The van der Waals surface area contributed by atoms with E-state index in [1.807, 2.05) is 0 Å². The molecule has 0 aromatic rings. The van der Waals surface area contributed by atoms with Crippen LogP contribution in [0.25, 0.3) is 0 Å². The van der Waals surface area contributed by atoms with Crippen molar-refractivity contribution < 1.29 is 0 Å². The molecule has 0 saturated heterocycles. The van der Waals surface area contributed by atoms with E-state index in [4.69, 9.17) is 0 Å². The van der Waals surface area contributed by atoms with Crippen LogP contribution in [0.3, 0.4) is 0 Å². The highest BCUT2D eigenvalue weighted by molar-refractivity contribution is 5.12. The van der Waals surface area contributed by atoms with Crippen molar-refractivity contribution >= 4 is 0 Å². The molecule has 0 aromatic carbocycles. The number of hydrogen-bond donors (Lipinski definition) is 1. The molecule has 1 aliphatic rings. The zero-order valence-corrected chi connectivity index (χ0v) is 6.59. The van der Waals surface area contributed by atoms with E-state index >= 15 is 0 Å². The highest BCUT2D eigenvalue weighted by Crippen LogP contribution is 2.10. The van der Waals surface area contributed by atoms with Gasteiger partial charge in [0.15, 0.2) is 0 Å². The van der Waals surface area contributed by atoms with Gasteiger partial charge in [0.1, 0.15) is 0 Å². The van der Waals surface area contributed by atoms with Crippen LogP contribution in [0.5, 0.6) is 0 Å². The van der Waals surface area contributed by atoms with Crippen molar-refractivity contribution in [3.63, 3.8) is 0 Å². The Hall–Kier alpha value is -0.760. The number of hydrogen-bond acceptors (Lipinski definition) is 2. The molecule has 0 radical (unpaired) electrons. The minimum absolute atomic E-state index is 0.359. The molecule has 2 heteroatoms. The van der Waals surface area contributed by atoms with Crippen molar-refractivity contribution in [3.8, 4) is 0 Å². The van der Waals surface area contributed by atoms with E-state index in [-0.39, 0.29) is 0 Å². The van der Waals surface area contributed by atoms with Gasteiger partial charge in [0, 0.05) is 6.54 Å². The Kier molecular flexibility index (Phi) is 2.12. The number of likely N-dealkylation sites (N-methyl/N-ethyl adjacent to an activating group) is 1. The molecule has 1 aliphatic heterocycles. The van der Waals surface area contributed by atoms with Crippen LogP contribution >= 0.6 is 0 Å². The van der Waals surface area contributed by atoms with Gasteiger partial charge >= 0.3 is 0 Å². The molecular weight excluding hydrogens is 124 g/mol. The largest absolute Gasteiger partial charge is 0.373 e. The minimum atomic E-state index is 0.359. The SMILES string of the molecule is C=CNC1C=C(C)CN1C. The van der Waals surface area contributed by atoms with Crippen LogP contribution in [0.1, 0.15) is 6.92 Å². The molecule has 1 heterocycles. The molecule has 56 valence electrons. The molecule has 2 nitrogen and oxygen atoms in total. The fraction of sp³-hybridized carbons (Fsp3) is 0.500. The number of nitrogens with one attached hydrogen (secondary N) is 1. The van der Waals surface area contributed by atoms with Crippen molar-refractivity contribution in [1.82, 2.24) is 10.2 Å². The number of nitrogens with zero attached hydrogens (tertiary/aromatic N) is 1. The summed E-state index contributed by atoms with van der Waals surface area (Å²) in [4.78, 5) is 2.23. The lowest BCUT2D eigenvalue weighted by Gasteiger charge is -2.18. The van der Waals surface area contributed by atoms with Gasteiger partial charge in [0.2, 0.25) is 0 Å². The third-order valence-electron chi connectivity index (χ3n) is 1.70. The minimum Gasteiger partial charge on any atom is -0.373 e. The topological polar surface area (TPSA) is 15.3 Å². The fourth-order valence-corrected chi connectivity index (χ4v) is 1.24. The number of rotatable bonds is 2. The van der Waals surface area contributed by atoms with E-state index < -0.39 is 0 Å². The first-order valence-electron chi connectivity index (χ1n) is 3.48. The average molecular weight is 138 g/mol. The quantitative estimate of drug-likeness (QED) is 0.571. The summed E-state index contributed by atoms with van der Waals surface area (Å²) in [7, 11) is 2.09. The van der Waals surface area contributed by atoms with E-state index in [1.54, 1.807) is 6.20 Å². The summed E-state index contributed by atoms with van der Waals surface area (Å²) in [6.45, 7) is 6.82. The Morgan fingerprint density at radius 2 is 2.60 bits per heavy atom. The zero-order chi connectivity index (χ0) is 7.56. The highest BCUT2D eigenvalue weighted by atomic mass is 15.2. The van der Waals surface area contributed by atoms with Crippen LogP contribution in [0.15, 0.2) is 24.4 Å². The Morgan fingerprint density at radius 3 is 3.00 bits per heavy atom. The molecule has 1 N–H and O–H groups in total. The van der Waals surface area contributed by atoms with Crippen molar-refractivity contribution in [2.75, 3.05) is 13.6 Å². The summed E-state index contributed by atoms with van der Waals surface area (Å²) in [5, 5.41) is 3.14. The molecule has 0 aliphatic carbocycles. The van der Waals surface area contributed by atoms with Crippen molar-refractivity contribution in [3.05, 3.63) is 24.4 Å². The standard InChI is InChI=1S/C8H14N2/c1-4-9-8-5-7(2)6-10(8)3/h4-5,8-9H,1,6H2,2-3H3. The van der Waals surface area contributed by atoms with Gasteiger partial charge in [-0.05, 0) is 26.2 Å². The molecule has 0 fully saturated rings. The maximum absolute atomic E-state index is 3.62. The normalized spacial score (nSPS) is 26.2. The van der Waals surface area contributed by atoms with Gasteiger partial charge in [-0.1, -0.05) is 12.2 Å². The van der Waals surface area contributed by atoms with Crippen LogP contribution in [-0.4, -0.2) is 24.7 Å². The molecule has 10 heavy (non-hydrogen) atoms. The third-order valence-corrected chi connectivity index (χ3v) is 1.70. The summed E-state index contributed by atoms with van der Waals surface area (Å²) in [5.74, 6) is 0. The monoisotopic (exact) mass is 138 g/mol. The van der Waals surface area contributed by atoms with E-state index in [2.05, 4.69) is 36.8 Å². The lowest BCUT2D eigenvalue weighted by atomic mass is 10.3. The second-order valence-electron chi connectivity index (χ2n) is 2.74. The maximum atomic E-state index is 3.62. The zero-order valence-electron chi connectivity index (χ0n) is 6.59. The van der Waals surface area contributed by atoms with Gasteiger partial charge in [0.05, 0.1) is 6.17 Å². The average Bonchev–Trinajstić information content (AvgIpc) is 2.13. The first-order valence-corrected chi connectivity index (χ1v) is 3.48. The molecule has 1 atom stereocenters. The smallest absolute Gasteiger partial charge is 0.0984 e. The van der Waals surface area contributed by atoms with Gasteiger partial charge in [-0.25, -0.2) is 0 Å². The van der Waals surface area contributed by atoms with Crippen molar-refractivity contribution in [2.24, 2.45) is 0 Å². The van der Waals surface area contributed by atoms with Gasteiger partial charge < -0.3 is 5.32 Å². The van der Waals surface area contributed by atoms with Gasteiger partial charge in [-0.2, -0.15) is 0 Å². The summed E-state index contributed by atoms with van der Waals surface area (Å²) >= 11 is 0. The molecule has 0 aromatic heterocycles. The molecular formula is C8H14N2. The third kappa shape index (κ3) is 1.39. The molecule has 1 rings (SSSR count). The summed E-state index contributed by atoms with van der Waals surface area (Å²) in [5.41, 5.74) is 1.42. The second kappa shape index (κ2) is 2.88. The Labute approximate surface area is 62.2 Å². The Balaban J connectivity index is 2.51. The lowest BCUT2D eigenvalue weighted by Crippen LogP contribution is -2.35. The molecule has 1 unspecified atom stereocenters. The van der Waals surface area contributed by atoms with Crippen LogP contribution in [0.2, 0.25) is 0 Å². The maximum Gasteiger partial charge on any atom is 0.0984 e. The summed E-state index contributed by atoms with van der Waals surface area (Å²) in [6, 6.07) is 0. The highest BCUT2D eigenvalue weighted by Gasteiger charge is 2.16. The predicted molar refractivity (Wildman–Crippen MR) is 43.5 cm³/mol. The van der Waals surface area contributed by atoms with Crippen LogP contribution < -0.4 is 5.32 Å². The predicted octanol–water partition coefficient (Wildman–Crippen LogP) is 0.937. The van der Waals surface area contributed by atoms with Crippen LogP contribution in [-0.2, 0) is 0 Å². The summed E-state index contributed by atoms with van der Waals surface area (Å²) < 4.78 is 0. The van der Waals surface area contributed by atoms with E-state index in [0.29, 0.717) is 6.17 Å².